The molecule has 0 amide bonds. The van der Waals surface area contributed by atoms with Crippen molar-refractivity contribution in [3.05, 3.63) is 32.9 Å². The zero-order valence-electron chi connectivity index (χ0n) is 8.60. The molecule has 2 rings (SSSR count). The lowest BCUT2D eigenvalue weighted by Crippen LogP contribution is -2.34. The van der Waals surface area contributed by atoms with Crippen molar-refractivity contribution in [1.29, 1.82) is 0 Å². The molecule has 6 nitrogen and oxygen atoms in total. The van der Waals surface area contributed by atoms with Crippen LogP contribution in [-0.4, -0.2) is 33.5 Å². The minimum Gasteiger partial charge on any atom is -0.394 e. The van der Waals surface area contributed by atoms with Gasteiger partial charge < -0.3 is 9.84 Å². The van der Waals surface area contributed by atoms with E-state index >= 15 is 0 Å². The molecular formula is C9H10F2N2O4. The maximum Gasteiger partial charge on any atom is 0.330 e. The fourth-order valence-corrected chi connectivity index (χ4v) is 1.70. The summed E-state index contributed by atoms with van der Waals surface area (Å²) in [5.74, 6) is -1.16. The Morgan fingerprint density at radius 3 is 2.88 bits per heavy atom. The second-order valence-electron chi connectivity index (χ2n) is 3.71. The normalized spacial score (nSPS) is 28.5. The van der Waals surface area contributed by atoms with Gasteiger partial charge in [-0.3, -0.25) is 14.3 Å². The highest BCUT2D eigenvalue weighted by molar-refractivity contribution is 4.91. The molecule has 1 aromatic heterocycles. The molecule has 0 bridgehead atoms. The predicted molar refractivity (Wildman–Crippen MR) is 51.8 cm³/mol. The number of aliphatic hydroxyl groups excluding tert-OH is 1. The third-order valence-electron chi connectivity index (χ3n) is 2.58. The van der Waals surface area contributed by atoms with Crippen LogP contribution < -0.4 is 11.2 Å². The second kappa shape index (κ2) is 4.38. The number of aromatic amines is 1. The molecule has 0 radical (unpaired) electrons. The summed E-state index contributed by atoms with van der Waals surface area (Å²) in [6.45, 7) is -0.530. The van der Waals surface area contributed by atoms with Crippen LogP contribution in [0.3, 0.4) is 0 Å². The van der Waals surface area contributed by atoms with Gasteiger partial charge in [0.1, 0.15) is 18.5 Å². The summed E-state index contributed by atoms with van der Waals surface area (Å²) in [7, 11) is 0. The molecule has 1 aliphatic heterocycles. The first kappa shape index (κ1) is 11.9. The number of alkyl halides is 1. The van der Waals surface area contributed by atoms with Crippen molar-refractivity contribution in [2.45, 2.75) is 24.9 Å². The fourth-order valence-electron chi connectivity index (χ4n) is 1.70. The SMILES string of the molecule is O=c1[nH]c(=O)n([C@@H]2CC(F)[C@H](CO)O2)cc1F. The van der Waals surface area contributed by atoms with Gasteiger partial charge in [0.05, 0.1) is 12.8 Å². The maximum absolute atomic E-state index is 13.3. The van der Waals surface area contributed by atoms with E-state index in [9.17, 15) is 18.4 Å². The van der Waals surface area contributed by atoms with Crippen LogP contribution in [0.25, 0.3) is 0 Å². The number of aliphatic hydroxyl groups is 1. The molecule has 0 spiro atoms. The van der Waals surface area contributed by atoms with Gasteiger partial charge in [0.15, 0.2) is 0 Å². The Labute approximate surface area is 93.5 Å². The Kier molecular flexibility index (Phi) is 3.07. The molecule has 94 valence electrons. The van der Waals surface area contributed by atoms with Crippen molar-refractivity contribution in [3.63, 3.8) is 0 Å². The zero-order chi connectivity index (χ0) is 12.6. The van der Waals surface area contributed by atoms with Crippen LogP contribution in [0.15, 0.2) is 15.8 Å². The summed E-state index contributed by atoms with van der Waals surface area (Å²) < 4.78 is 32.1. The van der Waals surface area contributed by atoms with E-state index in [2.05, 4.69) is 0 Å². The fraction of sp³-hybridized carbons (Fsp3) is 0.556. The Bertz CT molecular complexity index is 526. The maximum atomic E-state index is 13.3. The van der Waals surface area contributed by atoms with Gasteiger partial charge in [-0.25, -0.2) is 9.18 Å². The van der Waals surface area contributed by atoms with Crippen molar-refractivity contribution in [3.8, 4) is 0 Å². The van der Waals surface area contributed by atoms with Crippen LogP contribution in [0.1, 0.15) is 12.6 Å². The molecule has 0 aliphatic carbocycles. The minimum absolute atomic E-state index is 0.184. The van der Waals surface area contributed by atoms with Crippen LogP contribution in [0.4, 0.5) is 8.78 Å². The molecule has 2 heterocycles. The average Bonchev–Trinajstić information content (AvgIpc) is 2.65. The van der Waals surface area contributed by atoms with Crippen molar-refractivity contribution < 1.29 is 18.6 Å². The largest absolute Gasteiger partial charge is 0.394 e. The monoisotopic (exact) mass is 248 g/mol. The molecule has 1 aromatic rings. The summed E-state index contributed by atoms with van der Waals surface area (Å²) in [6, 6.07) is 0. The smallest absolute Gasteiger partial charge is 0.330 e. The minimum atomic E-state index is -1.44. The molecule has 17 heavy (non-hydrogen) atoms. The highest BCUT2D eigenvalue weighted by Crippen LogP contribution is 2.29. The van der Waals surface area contributed by atoms with Gasteiger partial charge >= 0.3 is 5.69 Å². The number of ether oxygens (including phenoxy) is 1. The van der Waals surface area contributed by atoms with Crippen LogP contribution in [0, 0.1) is 5.82 Å². The van der Waals surface area contributed by atoms with E-state index in [1.165, 1.54) is 0 Å². The Hall–Kier alpha value is -1.54. The lowest BCUT2D eigenvalue weighted by Gasteiger charge is -2.13. The number of nitrogens with one attached hydrogen (secondary N) is 1. The van der Waals surface area contributed by atoms with Gasteiger partial charge in [-0.15, -0.1) is 0 Å². The number of hydrogen-bond acceptors (Lipinski definition) is 4. The Morgan fingerprint density at radius 2 is 2.29 bits per heavy atom. The Balaban J connectivity index is 2.34. The number of hydrogen-bond donors (Lipinski definition) is 2. The van der Waals surface area contributed by atoms with Crippen molar-refractivity contribution in [2.75, 3.05) is 6.61 Å². The summed E-state index contributed by atoms with van der Waals surface area (Å²) in [5.41, 5.74) is -2.02. The molecule has 0 aromatic carbocycles. The average molecular weight is 248 g/mol. The van der Waals surface area contributed by atoms with Crippen LogP contribution >= 0.6 is 0 Å². The van der Waals surface area contributed by atoms with E-state index < -0.39 is 42.2 Å². The lowest BCUT2D eigenvalue weighted by molar-refractivity contribution is -0.0359. The highest BCUT2D eigenvalue weighted by atomic mass is 19.1. The molecule has 1 unspecified atom stereocenters. The molecule has 1 fully saturated rings. The quantitative estimate of drug-likeness (QED) is 0.724. The second-order valence-corrected chi connectivity index (χ2v) is 3.71. The number of aromatic nitrogens is 2. The first-order valence-corrected chi connectivity index (χ1v) is 4.94. The predicted octanol–water partition coefficient (Wildman–Crippen LogP) is -0.706. The summed E-state index contributed by atoms with van der Waals surface area (Å²) in [5, 5.41) is 8.78. The van der Waals surface area contributed by atoms with E-state index in [4.69, 9.17) is 9.84 Å². The van der Waals surface area contributed by atoms with E-state index in [0.717, 1.165) is 4.57 Å². The van der Waals surface area contributed by atoms with E-state index in [1.54, 1.807) is 4.98 Å². The number of H-pyrrole nitrogens is 1. The van der Waals surface area contributed by atoms with Gasteiger partial charge in [0, 0.05) is 6.42 Å². The van der Waals surface area contributed by atoms with E-state index in [1.807, 2.05) is 0 Å². The third-order valence-corrected chi connectivity index (χ3v) is 2.58. The van der Waals surface area contributed by atoms with Crippen LogP contribution in [0.5, 0.6) is 0 Å². The summed E-state index contributed by atoms with van der Waals surface area (Å²) >= 11 is 0. The summed E-state index contributed by atoms with van der Waals surface area (Å²) in [4.78, 5) is 23.9. The molecule has 8 heteroatoms. The van der Waals surface area contributed by atoms with Gasteiger partial charge in [0.25, 0.3) is 5.56 Å². The standard InChI is InChI=1S/C9H10F2N2O4/c10-4-1-7(17-6(4)3-14)13-2-5(11)8(15)12-9(13)16/h2,4,6-7,14H,1,3H2,(H,12,15,16)/t4?,6-,7-/m0/s1. The lowest BCUT2D eigenvalue weighted by atomic mass is 10.2. The van der Waals surface area contributed by atoms with Crippen LogP contribution in [-0.2, 0) is 4.74 Å². The zero-order valence-corrected chi connectivity index (χ0v) is 8.60. The molecule has 1 saturated heterocycles. The molecule has 2 N–H and O–H groups in total. The third kappa shape index (κ3) is 2.13. The first-order chi connectivity index (χ1) is 8.02. The van der Waals surface area contributed by atoms with Crippen LogP contribution in [0.2, 0.25) is 0 Å². The van der Waals surface area contributed by atoms with Gasteiger partial charge in [-0.05, 0) is 0 Å². The van der Waals surface area contributed by atoms with Gasteiger partial charge in [-0.1, -0.05) is 0 Å². The summed E-state index contributed by atoms with van der Waals surface area (Å²) in [6.07, 6.45) is -3.02. The van der Waals surface area contributed by atoms with Gasteiger partial charge in [-0.2, -0.15) is 4.39 Å². The van der Waals surface area contributed by atoms with Crippen molar-refractivity contribution in [1.82, 2.24) is 9.55 Å². The number of rotatable bonds is 2. The molecule has 1 aliphatic rings. The number of halogens is 2. The topological polar surface area (TPSA) is 84.3 Å². The van der Waals surface area contributed by atoms with E-state index in [0.29, 0.717) is 6.20 Å². The van der Waals surface area contributed by atoms with E-state index in [-0.39, 0.29) is 6.42 Å². The van der Waals surface area contributed by atoms with Crippen molar-refractivity contribution >= 4 is 0 Å². The van der Waals surface area contributed by atoms with Gasteiger partial charge in [0.2, 0.25) is 5.82 Å². The molecule has 3 atom stereocenters. The number of nitrogens with zero attached hydrogens (tertiary/aromatic N) is 1. The first-order valence-electron chi connectivity index (χ1n) is 4.94. The Morgan fingerprint density at radius 1 is 1.59 bits per heavy atom. The highest BCUT2D eigenvalue weighted by Gasteiger charge is 2.36. The molecular weight excluding hydrogens is 238 g/mol. The molecule has 0 saturated carbocycles. The van der Waals surface area contributed by atoms with Crippen molar-refractivity contribution in [2.24, 2.45) is 0 Å².